The molecule has 50 heavy (non-hydrogen) atoms. The van der Waals surface area contributed by atoms with E-state index in [2.05, 4.69) is 47.6 Å². The van der Waals surface area contributed by atoms with Gasteiger partial charge >= 0.3 is 6.03 Å². The summed E-state index contributed by atoms with van der Waals surface area (Å²) in [6.45, 7) is 8.36. The van der Waals surface area contributed by atoms with E-state index in [1.807, 2.05) is 4.90 Å². The Hall–Kier alpha value is -2.16. The highest BCUT2D eigenvalue weighted by atomic mass is 16.6. The van der Waals surface area contributed by atoms with Crippen LogP contribution in [0.4, 0.5) is 4.79 Å². The van der Waals surface area contributed by atoms with Crippen molar-refractivity contribution in [1.82, 2.24) is 15.1 Å². The van der Waals surface area contributed by atoms with Crippen LogP contribution in [0.15, 0.2) is 30.3 Å². The Labute approximate surface area is 299 Å². The molecule has 0 radical (unpaired) electrons. The van der Waals surface area contributed by atoms with Crippen LogP contribution in [0, 0.1) is 5.92 Å². The van der Waals surface area contributed by atoms with Crippen molar-refractivity contribution in [3.8, 4) is 0 Å². The van der Waals surface area contributed by atoms with Crippen LogP contribution >= 0.6 is 0 Å². The molecule has 0 aromatic heterocycles. The molecule has 1 aromatic rings. The van der Waals surface area contributed by atoms with Crippen molar-refractivity contribution in [2.75, 3.05) is 120 Å². The summed E-state index contributed by atoms with van der Waals surface area (Å²) in [4.78, 5) is 30.8. The van der Waals surface area contributed by atoms with E-state index in [0.717, 1.165) is 32.2 Å². The van der Waals surface area contributed by atoms with E-state index >= 15 is 0 Å². The quantitative estimate of drug-likeness (QED) is 0.128. The molecule has 2 aliphatic carbocycles. The maximum Gasteiger partial charge on any atom is 0.321 e. The number of carbonyl (C=O) groups is 2. The van der Waals surface area contributed by atoms with Crippen molar-refractivity contribution in [3.63, 3.8) is 0 Å². The van der Waals surface area contributed by atoms with E-state index in [0.29, 0.717) is 111 Å². The van der Waals surface area contributed by atoms with Gasteiger partial charge in [0.2, 0.25) is 0 Å². The second-order valence-corrected chi connectivity index (χ2v) is 13.8. The fourth-order valence-corrected chi connectivity index (χ4v) is 7.23. The molecule has 12 nitrogen and oxygen atoms in total. The Morgan fingerprint density at radius 2 is 1.28 bits per heavy atom. The first-order valence-electron chi connectivity index (χ1n) is 18.8. The van der Waals surface area contributed by atoms with Crippen LogP contribution < -0.4 is 5.32 Å². The second kappa shape index (κ2) is 22.7. The molecule has 12 heteroatoms. The molecule has 3 aliphatic rings. The number of amides is 2. The predicted octanol–water partition coefficient (Wildman–Crippen LogP) is 4.05. The summed E-state index contributed by atoms with van der Waals surface area (Å²) >= 11 is 0. The molecule has 1 aliphatic heterocycles. The second-order valence-electron chi connectivity index (χ2n) is 13.8. The van der Waals surface area contributed by atoms with Gasteiger partial charge in [-0.25, -0.2) is 4.79 Å². The summed E-state index contributed by atoms with van der Waals surface area (Å²) in [7, 11) is 3.70. The summed E-state index contributed by atoms with van der Waals surface area (Å²) < 4.78 is 37.9. The molecular formula is C38H63N3O9. The summed E-state index contributed by atoms with van der Waals surface area (Å²) in [5.41, 5.74) is 1.04. The van der Waals surface area contributed by atoms with Crippen LogP contribution in [-0.4, -0.2) is 147 Å². The first-order chi connectivity index (χ1) is 24.5. The van der Waals surface area contributed by atoms with Gasteiger partial charge in [-0.2, -0.15) is 0 Å². The summed E-state index contributed by atoms with van der Waals surface area (Å²) in [6.07, 6.45) is 8.50. The van der Waals surface area contributed by atoms with Crippen LogP contribution in [0.25, 0.3) is 0 Å². The van der Waals surface area contributed by atoms with Crippen molar-refractivity contribution in [2.24, 2.45) is 5.92 Å². The van der Waals surface area contributed by atoms with Crippen molar-refractivity contribution in [2.45, 2.75) is 68.9 Å². The molecule has 1 heterocycles. The SMILES string of the molecule is CNC1(c2ccccc2)CCC2(CC1)CN(CC(=O)CCCOCCOCCOCCOCCOCCOCCOC)C(=O)N2CC1CCC1. The normalized spacial score (nSPS) is 22.5. The van der Waals surface area contributed by atoms with Gasteiger partial charge in [0.15, 0.2) is 5.78 Å². The first kappa shape index (κ1) is 40.6. The minimum atomic E-state index is -0.195. The Balaban J connectivity index is 1.02. The highest BCUT2D eigenvalue weighted by molar-refractivity contribution is 5.87. The molecule has 2 amide bonds. The Morgan fingerprint density at radius 3 is 1.76 bits per heavy atom. The van der Waals surface area contributed by atoms with E-state index in [1.165, 1.54) is 24.8 Å². The van der Waals surface area contributed by atoms with Gasteiger partial charge < -0.3 is 48.3 Å². The van der Waals surface area contributed by atoms with E-state index in [-0.39, 0.29) is 29.4 Å². The molecule has 284 valence electrons. The van der Waals surface area contributed by atoms with E-state index < -0.39 is 0 Å². The lowest BCUT2D eigenvalue weighted by molar-refractivity contribution is -0.120. The number of benzene rings is 1. The maximum atomic E-state index is 13.8. The lowest BCUT2D eigenvalue weighted by Gasteiger charge is -2.49. The van der Waals surface area contributed by atoms with Crippen molar-refractivity contribution >= 4 is 11.8 Å². The Morgan fingerprint density at radius 1 is 0.760 bits per heavy atom. The molecule has 2 saturated carbocycles. The molecule has 0 bridgehead atoms. The first-order valence-corrected chi connectivity index (χ1v) is 18.8. The number of hydrogen-bond donors (Lipinski definition) is 1. The maximum absolute atomic E-state index is 13.8. The third-order valence-corrected chi connectivity index (χ3v) is 10.5. The van der Waals surface area contributed by atoms with Gasteiger partial charge in [-0.1, -0.05) is 36.8 Å². The highest BCUT2D eigenvalue weighted by Gasteiger charge is 2.54. The van der Waals surface area contributed by atoms with E-state index in [1.54, 1.807) is 7.11 Å². The average Bonchev–Trinajstić information content (AvgIpc) is 3.36. The number of carbonyl (C=O) groups excluding carboxylic acids is 2. The van der Waals surface area contributed by atoms with Gasteiger partial charge in [0.05, 0.1) is 91.4 Å². The lowest BCUT2D eigenvalue weighted by Crippen LogP contribution is -2.56. The monoisotopic (exact) mass is 705 g/mol. The topological polar surface area (TPSA) is 117 Å². The zero-order chi connectivity index (χ0) is 35.3. The Kier molecular flexibility index (Phi) is 18.4. The molecule has 4 rings (SSSR count). The zero-order valence-corrected chi connectivity index (χ0v) is 30.7. The number of nitrogens with one attached hydrogen (secondary N) is 1. The van der Waals surface area contributed by atoms with E-state index in [9.17, 15) is 9.59 Å². The van der Waals surface area contributed by atoms with Crippen LogP contribution in [0.3, 0.4) is 0 Å². The fraction of sp³-hybridized carbons (Fsp3) is 0.789. The zero-order valence-electron chi connectivity index (χ0n) is 30.7. The predicted molar refractivity (Wildman–Crippen MR) is 190 cm³/mol. The number of Topliss-reactive ketones (excluding diaryl/α,β-unsaturated/α-hetero) is 1. The molecule has 1 saturated heterocycles. The molecule has 1 aromatic carbocycles. The van der Waals surface area contributed by atoms with Crippen molar-refractivity contribution in [3.05, 3.63) is 35.9 Å². The van der Waals surface area contributed by atoms with Crippen LogP contribution in [0.2, 0.25) is 0 Å². The highest BCUT2D eigenvalue weighted by Crippen LogP contribution is 2.47. The van der Waals surface area contributed by atoms with Gasteiger partial charge in [-0.05, 0) is 63.5 Å². The molecule has 3 fully saturated rings. The largest absolute Gasteiger partial charge is 0.382 e. The van der Waals surface area contributed by atoms with Crippen LogP contribution in [-0.2, 0) is 43.5 Å². The van der Waals surface area contributed by atoms with Gasteiger partial charge in [0, 0.05) is 38.8 Å². The summed E-state index contributed by atoms with van der Waals surface area (Å²) in [5.74, 6) is 0.685. The molecular weight excluding hydrogens is 642 g/mol. The lowest BCUT2D eigenvalue weighted by atomic mass is 9.68. The van der Waals surface area contributed by atoms with Crippen LogP contribution in [0.5, 0.6) is 0 Å². The number of ketones is 1. The van der Waals surface area contributed by atoms with Crippen LogP contribution in [0.1, 0.15) is 63.4 Å². The van der Waals surface area contributed by atoms with Crippen molar-refractivity contribution < 1.29 is 42.7 Å². The number of rotatable bonds is 28. The molecule has 1 spiro atoms. The third kappa shape index (κ3) is 12.8. The number of urea groups is 1. The van der Waals surface area contributed by atoms with E-state index in [4.69, 9.17) is 33.2 Å². The van der Waals surface area contributed by atoms with Gasteiger partial charge in [-0.15, -0.1) is 0 Å². The minimum Gasteiger partial charge on any atom is -0.382 e. The number of hydrogen-bond acceptors (Lipinski definition) is 10. The fourth-order valence-electron chi connectivity index (χ4n) is 7.23. The molecule has 0 unspecified atom stereocenters. The number of ether oxygens (including phenoxy) is 7. The average molecular weight is 706 g/mol. The standard InChI is InChI=1S/C38H63N3O9/c1-39-38(34-10-4-3-5-11-34)15-13-37(14-16-38)32-40(36(43)41(37)30-33-8-6-9-33)31-35(42)12-7-17-45-20-21-47-24-25-49-28-29-50-27-26-48-23-22-46-19-18-44-2/h3-5,10-11,33,39H,6-9,12-32H2,1-2H3. The van der Waals surface area contributed by atoms with Gasteiger partial charge in [-0.3, -0.25) is 4.79 Å². The third-order valence-electron chi connectivity index (χ3n) is 10.5. The minimum absolute atomic E-state index is 0.0490. The Bertz CT molecular complexity index is 1080. The van der Waals surface area contributed by atoms with Gasteiger partial charge in [0.25, 0.3) is 0 Å². The van der Waals surface area contributed by atoms with Gasteiger partial charge in [0.1, 0.15) is 0 Å². The smallest absolute Gasteiger partial charge is 0.321 e. The number of methoxy groups -OCH3 is 1. The number of nitrogens with zero attached hydrogens (tertiary/aromatic N) is 2. The molecule has 1 N–H and O–H groups in total. The summed E-state index contributed by atoms with van der Waals surface area (Å²) in [5, 5.41) is 3.63. The van der Waals surface area contributed by atoms with Crippen molar-refractivity contribution in [1.29, 1.82) is 0 Å². The molecule has 0 atom stereocenters. The summed E-state index contributed by atoms with van der Waals surface area (Å²) in [6, 6.07) is 10.7.